The van der Waals surface area contributed by atoms with E-state index >= 15 is 0 Å². The number of alkyl halides is 3. The van der Waals surface area contributed by atoms with Gasteiger partial charge in [0.1, 0.15) is 0 Å². The molecule has 174 valence electrons. The monoisotopic (exact) mass is 450 g/mol. The molecule has 1 aromatic heterocycles. The molecule has 1 amide bonds. The molecule has 1 saturated heterocycles. The lowest BCUT2D eigenvalue weighted by Gasteiger charge is -2.45. The average molecular weight is 451 g/mol. The molecule has 1 aliphatic rings. The van der Waals surface area contributed by atoms with E-state index < -0.39 is 17.6 Å². The van der Waals surface area contributed by atoms with Crippen molar-refractivity contribution in [2.75, 3.05) is 31.6 Å². The summed E-state index contributed by atoms with van der Waals surface area (Å²) >= 11 is 0. The second-order valence-electron chi connectivity index (χ2n) is 8.45. The Labute approximate surface area is 185 Å². The van der Waals surface area contributed by atoms with Gasteiger partial charge in [-0.25, -0.2) is 0 Å². The quantitative estimate of drug-likeness (QED) is 0.708. The number of nitrogens with zero attached hydrogens (tertiary/aromatic N) is 2. The standard InChI is InChI=1S/C23H29F3N4O2/c1-6-30(17-11-29(5)12-17)20-9-16(23(24,25)26)8-18(15(20)4)21(31)27-10-19-13(2)7-14(3)28-22(19)32/h7-9,17H,6,10-12H2,1-5H3,(H,27,31)(H,28,32). The molecule has 32 heavy (non-hydrogen) atoms. The predicted molar refractivity (Wildman–Crippen MR) is 118 cm³/mol. The lowest BCUT2D eigenvalue weighted by Crippen LogP contribution is -2.58. The van der Waals surface area contributed by atoms with Crippen LogP contribution in [0.1, 0.15) is 45.2 Å². The number of aromatic nitrogens is 1. The molecule has 0 atom stereocenters. The number of nitrogens with one attached hydrogen (secondary N) is 2. The zero-order chi connectivity index (χ0) is 23.8. The molecule has 1 fully saturated rings. The minimum absolute atomic E-state index is 0.0397. The Morgan fingerprint density at radius 1 is 1.22 bits per heavy atom. The fourth-order valence-electron chi connectivity index (χ4n) is 4.25. The normalized spacial score (nSPS) is 14.9. The summed E-state index contributed by atoms with van der Waals surface area (Å²) in [5.41, 5.74) is 1.45. The van der Waals surface area contributed by atoms with Gasteiger partial charge in [-0.1, -0.05) is 0 Å². The third-order valence-electron chi connectivity index (χ3n) is 6.01. The number of hydrogen-bond donors (Lipinski definition) is 2. The van der Waals surface area contributed by atoms with Crippen molar-refractivity contribution in [2.45, 2.75) is 46.5 Å². The Balaban J connectivity index is 1.96. The number of halogens is 3. The number of carbonyl (C=O) groups is 1. The van der Waals surface area contributed by atoms with Gasteiger partial charge in [0.15, 0.2) is 0 Å². The molecule has 0 saturated carbocycles. The number of likely N-dealkylation sites (N-methyl/N-ethyl adjacent to an activating group) is 2. The van der Waals surface area contributed by atoms with Gasteiger partial charge in [0.05, 0.1) is 11.6 Å². The number of anilines is 1. The van der Waals surface area contributed by atoms with Crippen LogP contribution in [0, 0.1) is 20.8 Å². The van der Waals surface area contributed by atoms with Crippen molar-refractivity contribution < 1.29 is 18.0 Å². The summed E-state index contributed by atoms with van der Waals surface area (Å²) in [6, 6.07) is 3.90. The highest BCUT2D eigenvalue weighted by molar-refractivity contribution is 5.97. The topological polar surface area (TPSA) is 68.4 Å². The number of aromatic amines is 1. The van der Waals surface area contributed by atoms with E-state index in [1.54, 1.807) is 26.8 Å². The summed E-state index contributed by atoms with van der Waals surface area (Å²) in [5.74, 6) is -0.643. The number of rotatable bonds is 6. The molecule has 3 rings (SSSR count). The zero-order valence-corrected chi connectivity index (χ0v) is 19.0. The van der Waals surface area contributed by atoms with Gasteiger partial charge in [-0.15, -0.1) is 0 Å². The Hall–Kier alpha value is -2.81. The predicted octanol–water partition coefficient (Wildman–Crippen LogP) is 3.39. The third-order valence-corrected chi connectivity index (χ3v) is 6.01. The summed E-state index contributed by atoms with van der Waals surface area (Å²) in [4.78, 5) is 31.9. The van der Waals surface area contributed by atoms with Crippen LogP contribution in [0.15, 0.2) is 23.0 Å². The van der Waals surface area contributed by atoms with Gasteiger partial charge in [0, 0.05) is 48.7 Å². The SMILES string of the molecule is CCN(c1cc(C(F)(F)F)cc(C(=O)NCc2c(C)cc(C)[nH]c2=O)c1C)C1CN(C)C1. The van der Waals surface area contributed by atoms with E-state index in [-0.39, 0.29) is 23.7 Å². The number of aryl methyl sites for hydroxylation is 2. The molecule has 0 unspecified atom stereocenters. The van der Waals surface area contributed by atoms with Gasteiger partial charge in [-0.2, -0.15) is 13.2 Å². The molecule has 6 nitrogen and oxygen atoms in total. The van der Waals surface area contributed by atoms with E-state index in [0.29, 0.717) is 34.6 Å². The Kier molecular flexibility index (Phi) is 6.69. The molecule has 2 N–H and O–H groups in total. The lowest BCUT2D eigenvalue weighted by atomic mass is 9.98. The van der Waals surface area contributed by atoms with Crippen molar-refractivity contribution in [1.29, 1.82) is 0 Å². The van der Waals surface area contributed by atoms with Crippen molar-refractivity contribution in [1.82, 2.24) is 15.2 Å². The van der Waals surface area contributed by atoms with Crippen LogP contribution in [0.4, 0.5) is 18.9 Å². The molecule has 9 heteroatoms. The van der Waals surface area contributed by atoms with E-state index in [4.69, 9.17) is 0 Å². The van der Waals surface area contributed by atoms with Crippen LogP contribution in [0.5, 0.6) is 0 Å². The average Bonchev–Trinajstić information content (AvgIpc) is 2.66. The summed E-state index contributed by atoms with van der Waals surface area (Å²) in [6.45, 7) is 9.02. The van der Waals surface area contributed by atoms with E-state index in [2.05, 4.69) is 15.2 Å². The molecule has 2 aromatic rings. The van der Waals surface area contributed by atoms with E-state index in [1.807, 2.05) is 18.9 Å². The second kappa shape index (κ2) is 8.97. The molecule has 0 aliphatic carbocycles. The number of carbonyl (C=O) groups excluding carboxylic acids is 1. The molecule has 0 bridgehead atoms. The van der Waals surface area contributed by atoms with E-state index in [1.165, 1.54) is 0 Å². The summed E-state index contributed by atoms with van der Waals surface area (Å²) < 4.78 is 41.0. The largest absolute Gasteiger partial charge is 0.416 e. The van der Waals surface area contributed by atoms with Gasteiger partial charge in [-0.05, 0) is 64.1 Å². The van der Waals surface area contributed by atoms with Crippen molar-refractivity contribution in [3.8, 4) is 0 Å². The number of pyridine rings is 1. The fourth-order valence-corrected chi connectivity index (χ4v) is 4.25. The number of H-pyrrole nitrogens is 1. The number of likely N-dealkylation sites (tertiary alicyclic amines) is 1. The molecular formula is C23H29F3N4O2. The maximum Gasteiger partial charge on any atom is 0.416 e. The first-order chi connectivity index (χ1) is 14.9. The Bertz CT molecular complexity index is 1070. The number of benzene rings is 1. The van der Waals surface area contributed by atoms with Crippen LogP contribution >= 0.6 is 0 Å². The van der Waals surface area contributed by atoms with Crippen molar-refractivity contribution >= 4 is 11.6 Å². The minimum atomic E-state index is -4.59. The van der Waals surface area contributed by atoms with Gasteiger partial charge < -0.3 is 20.1 Å². The van der Waals surface area contributed by atoms with Crippen LogP contribution < -0.4 is 15.8 Å². The first kappa shape index (κ1) is 23.8. The highest BCUT2D eigenvalue weighted by atomic mass is 19.4. The first-order valence-corrected chi connectivity index (χ1v) is 10.6. The van der Waals surface area contributed by atoms with E-state index in [0.717, 1.165) is 25.2 Å². The van der Waals surface area contributed by atoms with Crippen LogP contribution in [0.3, 0.4) is 0 Å². The van der Waals surface area contributed by atoms with Crippen LogP contribution in [-0.4, -0.2) is 48.5 Å². The Morgan fingerprint density at radius 3 is 2.41 bits per heavy atom. The molecule has 1 aliphatic heterocycles. The minimum Gasteiger partial charge on any atom is -0.366 e. The fraction of sp³-hybridized carbons (Fsp3) is 0.478. The summed E-state index contributed by atoms with van der Waals surface area (Å²) in [7, 11) is 1.96. The van der Waals surface area contributed by atoms with Crippen LogP contribution in [0.2, 0.25) is 0 Å². The number of hydrogen-bond acceptors (Lipinski definition) is 4. The zero-order valence-electron chi connectivity index (χ0n) is 19.0. The first-order valence-electron chi connectivity index (χ1n) is 10.6. The molecule has 0 radical (unpaired) electrons. The maximum atomic E-state index is 13.7. The van der Waals surface area contributed by atoms with Crippen molar-refractivity contribution in [2.24, 2.45) is 0 Å². The molecule has 0 spiro atoms. The maximum absolute atomic E-state index is 13.7. The van der Waals surface area contributed by atoms with Crippen LogP contribution in [0.25, 0.3) is 0 Å². The van der Waals surface area contributed by atoms with Gasteiger partial charge >= 0.3 is 6.18 Å². The second-order valence-corrected chi connectivity index (χ2v) is 8.45. The highest BCUT2D eigenvalue weighted by Gasteiger charge is 2.35. The molecule has 1 aromatic carbocycles. The van der Waals surface area contributed by atoms with Gasteiger partial charge in [0.25, 0.3) is 11.5 Å². The van der Waals surface area contributed by atoms with Crippen molar-refractivity contribution in [3.63, 3.8) is 0 Å². The van der Waals surface area contributed by atoms with Gasteiger partial charge in [0.2, 0.25) is 0 Å². The third kappa shape index (κ3) is 4.82. The lowest BCUT2D eigenvalue weighted by molar-refractivity contribution is -0.137. The van der Waals surface area contributed by atoms with E-state index in [9.17, 15) is 22.8 Å². The summed E-state index contributed by atoms with van der Waals surface area (Å²) in [6.07, 6.45) is -4.59. The smallest absolute Gasteiger partial charge is 0.366 e. The summed E-state index contributed by atoms with van der Waals surface area (Å²) in [5, 5.41) is 2.63. The highest BCUT2D eigenvalue weighted by Crippen LogP contribution is 2.36. The number of amides is 1. The van der Waals surface area contributed by atoms with Crippen molar-refractivity contribution in [3.05, 3.63) is 62.1 Å². The molecular weight excluding hydrogens is 421 g/mol. The van der Waals surface area contributed by atoms with Gasteiger partial charge in [-0.3, -0.25) is 9.59 Å². The molecule has 2 heterocycles. The van der Waals surface area contributed by atoms with Crippen LogP contribution in [-0.2, 0) is 12.7 Å². The Morgan fingerprint density at radius 2 is 1.88 bits per heavy atom.